The van der Waals surface area contributed by atoms with Gasteiger partial charge in [0.2, 0.25) is 0 Å². The fourth-order valence-electron chi connectivity index (χ4n) is 5.43. The molecule has 0 radical (unpaired) electrons. The van der Waals surface area contributed by atoms with Gasteiger partial charge in [-0.25, -0.2) is 4.98 Å². The van der Waals surface area contributed by atoms with Gasteiger partial charge in [-0.05, 0) is 75.8 Å². The van der Waals surface area contributed by atoms with Gasteiger partial charge in [0, 0.05) is 31.7 Å². The zero-order valence-corrected chi connectivity index (χ0v) is 28.5. The summed E-state index contributed by atoms with van der Waals surface area (Å²) in [7, 11) is 2.10. The monoisotopic (exact) mass is 610 g/mol. The van der Waals surface area contributed by atoms with Crippen LogP contribution in [-0.2, 0) is 24.1 Å². The molecule has 242 valence electrons. The minimum atomic E-state index is -0.147. The summed E-state index contributed by atoms with van der Waals surface area (Å²) in [4.78, 5) is 21.4. The molecule has 0 saturated heterocycles. The van der Waals surface area contributed by atoms with Crippen molar-refractivity contribution in [3.05, 3.63) is 118 Å². The fraction of sp³-hybridized carbons (Fsp3) is 0.462. The van der Waals surface area contributed by atoms with E-state index in [4.69, 9.17) is 9.72 Å². The predicted molar refractivity (Wildman–Crippen MR) is 189 cm³/mol. The van der Waals surface area contributed by atoms with E-state index < -0.39 is 0 Å². The summed E-state index contributed by atoms with van der Waals surface area (Å²) in [5, 5.41) is 9.36. The van der Waals surface area contributed by atoms with Crippen molar-refractivity contribution in [2.75, 3.05) is 26.7 Å². The van der Waals surface area contributed by atoms with E-state index in [1.165, 1.54) is 5.57 Å². The number of nitrogens with zero attached hydrogens (tertiary/aromatic N) is 4. The molecule has 0 saturated carbocycles. The van der Waals surface area contributed by atoms with Crippen molar-refractivity contribution >= 4 is 5.57 Å². The lowest BCUT2D eigenvalue weighted by atomic mass is 9.97. The molecule has 1 heterocycles. The number of ether oxygens (including phenoxy) is 1. The highest BCUT2D eigenvalue weighted by Crippen LogP contribution is 2.21. The van der Waals surface area contributed by atoms with Gasteiger partial charge in [-0.2, -0.15) is 5.26 Å². The first kappa shape index (κ1) is 37.4. The molecule has 0 aliphatic carbocycles. The summed E-state index contributed by atoms with van der Waals surface area (Å²) in [6.45, 7) is 16.6. The average molecular weight is 611 g/mol. The van der Waals surface area contributed by atoms with Gasteiger partial charge in [0.15, 0.2) is 0 Å². The third kappa shape index (κ3) is 12.6. The molecule has 45 heavy (non-hydrogen) atoms. The van der Waals surface area contributed by atoms with E-state index in [-0.39, 0.29) is 11.7 Å². The smallest absolute Gasteiger partial charge is 0.257 e. The molecule has 1 unspecified atom stereocenters. The van der Waals surface area contributed by atoms with Crippen LogP contribution in [0.4, 0.5) is 0 Å². The van der Waals surface area contributed by atoms with Crippen molar-refractivity contribution in [2.45, 2.75) is 92.2 Å². The molecule has 0 fully saturated rings. The molecule has 0 aliphatic rings. The van der Waals surface area contributed by atoms with Crippen molar-refractivity contribution < 1.29 is 4.74 Å². The number of benzene rings is 1. The molecule has 0 N–H and O–H groups in total. The molecular weight excluding hydrogens is 556 g/mol. The van der Waals surface area contributed by atoms with E-state index >= 15 is 0 Å². The topological polar surface area (TPSA) is 71.2 Å². The summed E-state index contributed by atoms with van der Waals surface area (Å²) < 4.78 is 7.98. The second-order valence-corrected chi connectivity index (χ2v) is 11.4. The number of likely N-dealkylation sites (N-methyl/N-ethyl adjacent to an activating group) is 1. The first-order chi connectivity index (χ1) is 21.8. The molecule has 2 rings (SSSR count). The lowest BCUT2D eigenvalue weighted by Gasteiger charge is -2.26. The van der Waals surface area contributed by atoms with Crippen molar-refractivity contribution in [3.63, 3.8) is 0 Å². The molecule has 1 aromatic carbocycles. The molecule has 0 spiro atoms. The maximum Gasteiger partial charge on any atom is 0.257 e. The largest absolute Gasteiger partial charge is 0.375 e. The fourth-order valence-corrected chi connectivity index (χ4v) is 5.43. The van der Waals surface area contributed by atoms with Crippen LogP contribution in [0.1, 0.15) is 88.0 Å². The Kier molecular flexibility index (Phi) is 17.5. The number of aryl methyl sites for hydroxylation is 2. The molecule has 6 nitrogen and oxygen atoms in total. The lowest BCUT2D eigenvalue weighted by Crippen LogP contribution is -2.39. The standard InChI is InChI=1S/C39H54N4O2/c1-8-13-15-16-19-34(25-26-40)35-23-21-32(22-24-35)27-37-38(20-14-9-2)41-31(6)43(39(37)44)30-36(45-12-5)29-42(7)28-33(17-10-3)18-11-4/h8,10,15-19,21-24,36H,1,9,11-14,20,25,27-30H2,2-7H3/b16-15-,17-10-,33-18+,34-19+. The Hall–Kier alpha value is -3.79. The maximum atomic E-state index is 14.2. The molecule has 0 bridgehead atoms. The van der Waals surface area contributed by atoms with Gasteiger partial charge in [-0.3, -0.25) is 14.3 Å². The van der Waals surface area contributed by atoms with E-state index in [9.17, 15) is 10.1 Å². The van der Waals surface area contributed by atoms with Crippen LogP contribution < -0.4 is 5.56 Å². The Labute approximate surface area is 272 Å². The van der Waals surface area contributed by atoms with Crippen LogP contribution in [0.25, 0.3) is 5.57 Å². The quantitative estimate of drug-likeness (QED) is 0.112. The number of aromatic nitrogens is 2. The SMILES string of the molecule is C=CC/C=C\C=C(/CC#N)c1ccc(Cc2c(CCCC)nc(C)n(CC(CN(C)CC(/C=C\C)=C/CC)OCC)c2=O)cc1. The predicted octanol–water partition coefficient (Wildman–Crippen LogP) is 8.16. The van der Waals surface area contributed by atoms with Gasteiger partial charge < -0.3 is 4.74 Å². The first-order valence-corrected chi connectivity index (χ1v) is 16.4. The van der Waals surface area contributed by atoms with Crippen LogP contribution in [0.3, 0.4) is 0 Å². The maximum absolute atomic E-state index is 14.2. The Morgan fingerprint density at radius 1 is 1.22 bits per heavy atom. The van der Waals surface area contributed by atoms with Crippen molar-refractivity contribution in [1.82, 2.24) is 14.5 Å². The summed E-state index contributed by atoms with van der Waals surface area (Å²) >= 11 is 0. The molecule has 2 aromatic rings. The second-order valence-electron chi connectivity index (χ2n) is 11.4. The van der Waals surface area contributed by atoms with Crippen LogP contribution in [-0.4, -0.2) is 47.3 Å². The molecule has 1 aromatic heterocycles. The minimum Gasteiger partial charge on any atom is -0.375 e. The molecule has 0 aliphatic heterocycles. The van der Waals surface area contributed by atoms with Gasteiger partial charge in [-0.15, -0.1) is 6.58 Å². The van der Waals surface area contributed by atoms with E-state index in [0.717, 1.165) is 72.4 Å². The Morgan fingerprint density at radius 2 is 1.98 bits per heavy atom. The summed E-state index contributed by atoms with van der Waals surface area (Å²) in [6, 6.07) is 10.5. The summed E-state index contributed by atoms with van der Waals surface area (Å²) in [5.41, 5.74) is 5.95. The Bertz CT molecular complexity index is 1420. The normalized spacial score (nSPS) is 13.2. The van der Waals surface area contributed by atoms with E-state index in [1.807, 2.05) is 61.8 Å². The second kappa shape index (κ2) is 21.0. The molecule has 0 amide bonds. The number of allylic oxidation sites excluding steroid dienone is 7. The highest BCUT2D eigenvalue weighted by atomic mass is 16.5. The Balaban J connectivity index is 2.40. The highest BCUT2D eigenvalue weighted by Gasteiger charge is 2.20. The van der Waals surface area contributed by atoms with Gasteiger partial charge >= 0.3 is 0 Å². The number of hydrogen-bond donors (Lipinski definition) is 0. The minimum absolute atomic E-state index is 0.0166. The molecule has 1 atom stereocenters. The highest BCUT2D eigenvalue weighted by molar-refractivity contribution is 5.68. The van der Waals surface area contributed by atoms with Crippen LogP contribution in [0.2, 0.25) is 0 Å². The molecular formula is C39H54N4O2. The lowest BCUT2D eigenvalue weighted by molar-refractivity contribution is 0.0286. The molecule has 6 heteroatoms. The van der Waals surface area contributed by atoms with E-state index in [1.54, 1.807) is 0 Å². The van der Waals surface area contributed by atoms with Gasteiger partial charge in [-0.1, -0.05) is 87.1 Å². The van der Waals surface area contributed by atoms with Crippen LogP contribution >= 0.6 is 0 Å². The zero-order valence-electron chi connectivity index (χ0n) is 28.5. The van der Waals surface area contributed by atoms with Crippen LogP contribution in [0, 0.1) is 18.3 Å². The van der Waals surface area contributed by atoms with Crippen LogP contribution in [0.15, 0.2) is 83.7 Å². The average Bonchev–Trinajstić information content (AvgIpc) is 3.02. The van der Waals surface area contributed by atoms with Crippen molar-refractivity contribution in [1.29, 1.82) is 5.26 Å². The first-order valence-electron chi connectivity index (χ1n) is 16.4. The number of unbranched alkanes of at least 4 members (excludes halogenated alkanes) is 1. The third-order valence-electron chi connectivity index (χ3n) is 7.62. The summed E-state index contributed by atoms with van der Waals surface area (Å²) in [6.07, 6.45) is 19.6. The van der Waals surface area contributed by atoms with Gasteiger partial charge in [0.1, 0.15) is 5.82 Å². The van der Waals surface area contributed by atoms with Gasteiger partial charge in [0.25, 0.3) is 5.56 Å². The van der Waals surface area contributed by atoms with Gasteiger partial charge in [0.05, 0.1) is 30.8 Å². The van der Waals surface area contributed by atoms with E-state index in [0.29, 0.717) is 32.5 Å². The van der Waals surface area contributed by atoms with Crippen molar-refractivity contribution in [2.24, 2.45) is 0 Å². The third-order valence-corrected chi connectivity index (χ3v) is 7.62. The summed E-state index contributed by atoms with van der Waals surface area (Å²) in [5.74, 6) is 0.730. The van der Waals surface area contributed by atoms with E-state index in [2.05, 4.69) is 68.8 Å². The number of rotatable bonds is 20. The number of nitriles is 1. The van der Waals surface area contributed by atoms with Crippen LogP contribution in [0.5, 0.6) is 0 Å². The van der Waals surface area contributed by atoms with Crippen molar-refractivity contribution in [3.8, 4) is 6.07 Å². The number of hydrogen-bond acceptors (Lipinski definition) is 5. The Morgan fingerprint density at radius 3 is 2.60 bits per heavy atom. The zero-order chi connectivity index (χ0) is 33.0.